The fourth-order valence-corrected chi connectivity index (χ4v) is 2.66. The van der Waals surface area contributed by atoms with Crippen molar-refractivity contribution in [2.45, 2.75) is 56.7 Å². The molecule has 0 saturated heterocycles. The summed E-state index contributed by atoms with van der Waals surface area (Å²) >= 11 is 0. The largest absolute Gasteiger partial charge is 0.435 e. The van der Waals surface area contributed by atoms with Gasteiger partial charge in [-0.2, -0.15) is 17.6 Å². The second kappa shape index (κ2) is 8.39. The molecule has 0 aromatic heterocycles. The minimum absolute atomic E-state index is 0.123. The molecule has 2 N–H and O–H groups in total. The lowest BCUT2D eigenvalue weighted by Gasteiger charge is -2.28. The fraction of sp³-hybridized carbons (Fsp3) is 0.588. The Balaban J connectivity index is 2.10. The third-order valence-electron chi connectivity index (χ3n) is 4.37. The summed E-state index contributed by atoms with van der Waals surface area (Å²) in [6, 6.07) is 3.96. The van der Waals surface area contributed by atoms with E-state index in [2.05, 4.69) is 14.8 Å². The van der Waals surface area contributed by atoms with E-state index in [1.807, 2.05) is 0 Å². The molecule has 10 heteroatoms. The number of hydrogen-bond donors (Lipinski definition) is 2. The third kappa shape index (κ3) is 6.03. The van der Waals surface area contributed by atoms with Crippen LogP contribution >= 0.6 is 0 Å². The summed E-state index contributed by atoms with van der Waals surface area (Å²) in [5.74, 6) is -1.03. The van der Waals surface area contributed by atoms with Crippen molar-refractivity contribution in [3.05, 3.63) is 29.8 Å². The van der Waals surface area contributed by atoms with Crippen molar-refractivity contribution in [2.24, 2.45) is 0 Å². The Kier molecular flexibility index (Phi) is 6.63. The molecule has 1 saturated carbocycles. The van der Waals surface area contributed by atoms with Gasteiger partial charge in [0, 0.05) is 0 Å². The molecule has 0 aliphatic heterocycles. The van der Waals surface area contributed by atoms with Gasteiger partial charge in [-0.25, -0.2) is 4.39 Å². The number of ether oxygens (including phenoxy) is 2. The van der Waals surface area contributed by atoms with Crippen LogP contribution < -0.4 is 10.1 Å². The highest BCUT2D eigenvalue weighted by molar-refractivity contribution is 5.78. The van der Waals surface area contributed by atoms with Crippen molar-refractivity contribution >= 4 is 5.91 Å². The van der Waals surface area contributed by atoms with E-state index in [9.17, 15) is 31.9 Å². The monoisotopic (exact) mass is 397 g/mol. The van der Waals surface area contributed by atoms with Crippen LogP contribution in [0.1, 0.15) is 37.8 Å². The van der Waals surface area contributed by atoms with Crippen molar-refractivity contribution in [2.75, 3.05) is 6.61 Å². The molecular weight excluding hydrogens is 377 g/mol. The van der Waals surface area contributed by atoms with E-state index in [1.165, 1.54) is 25.1 Å². The first-order valence-corrected chi connectivity index (χ1v) is 8.17. The molecular formula is C17H20F5NO4. The molecule has 1 aliphatic carbocycles. The first-order valence-electron chi connectivity index (χ1n) is 8.17. The number of amides is 1. The maximum atomic E-state index is 14.1. The second-order valence-corrected chi connectivity index (χ2v) is 6.58. The number of hydrogen-bond acceptors (Lipinski definition) is 4. The zero-order chi connectivity index (χ0) is 20.2. The zero-order valence-electron chi connectivity index (χ0n) is 14.4. The number of rotatable bonds is 10. The first kappa shape index (κ1) is 21.4. The number of carbonyl (C=O) groups excluding carboxylic acids is 1. The summed E-state index contributed by atoms with van der Waals surface area (Å²) in [5, 5.41) is 12.5. The van der Waals surface area contributed by atoms with Crippen LogP contribution in [0, 0.1) is 0 Å². The Morgan fingerprint density at radius 3 is 2.52 bits per heavy atom. The van der Waals surface area contributed by atoms with Crippen LogP contribution in [-0.2, 0) is 9.53 Å². The van der Waals surface area contributed by atoms with E-state index in [4.69, 9.17) is 0 Å². The quantitative estimate of drug-likeness (QED) is 0.595. The summed E-state index contributed by atoms with van der Waals surface area (Å²) in [6.45, 7) is -5.68. The molecule has 0 spiro atoms. The van der Waals surface area contributed by atoms with Gasteiger partial charge in [-0.05, 0) is 37.5 Å². The Morgan fingerprint density at radius 1 is 1.30 bits per heavy atom. The molecule has 2 rings (SSSR count). The third-order valence-corrected chi connectivity index (χ3v) is 4.37. The molecule has 0 bridgehead atoms. The van der Waals surface area contributed by atoms with Crippen molar-refractivity contribution in [1.29, 1.82) is 0 Å². The summed E-state index contributed by atoms with van der Waals surface area (Å²) in [5.41, 5.74) is -3.60. The van der Waals surface area contributed by atoms with Crippen molar-refractivity contribution in [1.82, 2.24) is 5.32 Å². The van der Waals surface area contributed by atoms with Crippen LogP contribution in [-0.4, -0.2) is 42.1 Å². The van der Waals surface area contributed by atoms with Crippen LogP contribution in [0.4, 0.5) is 22.0 Å². The van der Waals surface area contributed by atoms with Gasteiger partial charge >= 0.3 is 13.2 Å². The number of alkyl halides is 5. The summed E-state index contributed by atoms with van der Waals surface area (Å²) in [7, 11) is 0. The van der Waals surface area contributed by atoms with Crippen LogP contribution in [0.2, 0.25) is 0 Å². The van der Waals surface area contributed by atoms with Crippen LogP contribution in [0.25, 0.3) is 0 Å². The first-order chi connectivity index (χ1) is 12.5. The Hall–Kier alpha value is -1.94. The lowest BCUT2D eigenvalue weighted by molar-refractivity contribution is -0.142. The van der Waals surface area contributed by atoms with Gasteiger partial charge in [-0.1, -0.05) is 12.1 Å². The zero-order valence-corrected chi connectivity index (χ0v) is 14.4. The number of carbonyl (C=O) groups is 1. The SMILES string of the molecule is C[C@@](O)(CC(=O)N[C@@H](COC(F)F)c1cccc(OC(F)F)c1)C1(F)CC1. The predicted molar refractivity (Wildman–Crippen MR) is 84.2 cm³/mol. The maximum absolute atomic E-state index is 14.1. The predicted octanol–water partition coefficient (Wildman–Crippen LogP) is 3.33. The molecule has 152 valence electrons. The number of benzene rings is 1. The topological polar surface area (TPSA) is 67.8 Å². The highest BCUT2D eigenvalue weighted by Crippen LogP contribution is 2.50. The van der Waals surface area contributed by atoms with E-state index >= 15 is 0 Å². The van der Waals surface area contributed by atoms with Crippen LogP contribution in [0.15, 0.2) is 24.3 Å². The molecule has 1 fully saturated rings. The number of aliphatic hydroxyl groups is 1. The standard InChI is InChI=1S/C17H20F5NO4/c1-16(25,17(22)5-6-17)8-13(24)23-12(9-26-14(18)19)10-3-2-4-11(7-10)27-15(20)21/h2-4,7,12,14-15,25H,5-6,8-9H2,1H3,(H,23,24)/t12-,16+/m0/s1. The average molecular weight is 397 g/mol. The molecule has 5 nitrogen and oxygen atoms in total. The summed E-state index contributed by atoms with van der Waals surface area (Å²) in [6.07, 6.45) is -0.349. The van der Waals surface area contributed by atoms with Gasteiger partial charge in [0.15, 0.2) is 0 Å². The van der Waals surface area contributed by atoms with Gasteiger partial charge in [-0.3, -0.25) is 4.79 Å². The summed E-state index contributed by atoms with van der Waals surface area (Å²) < 4.78 is 72.0. The highest BCUT2D eigenvalue weighted by atomic mass is 19.3. The number of nitrogens with one attached hydrogen (secondary N) is 1. The highest BCUT2D eigenvalue weighted by Gasteiger charge is 2.58. The van der Waals surface area contributed by atoms with Gasteiger partial charge in [0.25, 0.3) is 0 Å². The fourth-order valence-electron chi connectivity index (χ4n) is 2.66. The molecule has 1 aromatic rings. The Morgan fingerprint density at radius 2 is 1.96 bits per heavy atom. The van der Waals surface area contributed by atoms with E-state index in [-0.39, 0.29) is 24.2 Å². The molecule has 1 amide bonds. The minimum Gasteiger partial charge on any atom is -0.435 e. The van der Waals surface area contributed by atoms with Crippen LogP contribution in [0.5, 0.6) is 5.75 Å². The lowest BCUT2D eigenvalue weighted by atomic mass is 9.93. The van der Waals surface area contributed by atoms with E-state index in [0.717, 1.165) is 6.07 Å². The Bertz CT molecular complexity index is 652. The van der Waals surface area contributed by atoms with E-state index in [1.54, 1.807) is 0 Å². The lowest BCUT2D eigenvalue weighted by Crippen LogP contribution is -2.44. The van der Waals surface area contributed by atoms with E-state index in [0.29, 0.717) is 0 Å². The van der Waals surface area contributed by atoms with Gasteiger partial charge in [0.05, 0.1) is 19.1 Å². The molecule has 2 atom stereocenters. The molecule has 0 unspecified atom stereocenters. The average Bonchev–Trinajstić information content (AvgIpc) is 3.30. The molecule has 0 radical (unpaired) electrons. The molecule has 27 heavy (non-hydrogen) atoms. The van der Waals surface area contributed by atoms with Gasteiger partial charge in [0.2, 0.25) is 5.91 Å². The van der Waals surface area contributed by atoms with E-state index < -0.39 is 49.5 Å². The van der Waals surface area contributed by atoms with Crippen molar-refractivity contribution < 1.29 is 41.3 Å². The normalized spacial score (nSPS) is 18.9. The molecule has 0 heterocycles. The van der Waals surface area contributed by atoms with Crippen molar-refractivity contribution in [3.63, 3.8) is 0 Å². The summed E-state index contributed by atoms with van der Waals surface area (Å²) in [4.78, 5) is 12.2. The molecule has 1 aliphatic rings. The minimum atomic E-state index is -3.12. The number of halogens is 5. The van der Waals surface area contributed by atoms with Gasteiger partial charge < -0.3 is 19.9 Å². The maximum Gasteiger partial charge on any atom is 0.387 e. The van der Waals surface area contributed by atoms with Gasteiger partial charge in [0.1, 0.15) is 17.0 Å². The molecule has 1 aromatic carbocycles. The van der Waals surface area contributed by atoms with Crippen molar-refractivity contribution in [3.8, 4) is 5.75 Å². The smallest absolute Gasteiger partial charge is 0.387 e. The van der Waals surface area contributed by atoms with Gasteiger partial charge in [-0.15, -0.1) is 0 Å². The van der Waals surface area contributed by atoms with Crippen LogP contribution in [0.3, 0.4) is 0 Å². The Labute approximate surface area is 152 Å². The second-order valence-electron chi connectivity index (χ2n) is 6.58.